The highest BCUT2D eigenvalue weighted by atomic mass is 16.2. The molecule has 2 aromatic heterocycles. The lowest BCUT2D eigenvalue weighted by molar-refractivity contribution is -0.140. The van der Waals surface area contributed by atoms with E-state index in [0.717, 1.165) is 5.69 Å². The molecule has 0 aliphatic carbocycles. The number of rotatable bonds is 3. The summed E-state index contributed by atoms with van der Waals surface area (Å²) in [5, 5.41) is 13.5. The number of hydrogen-bond donors (Lipinski definition) is 2. The first-order valence-electron chi connectivity index (χ1n) is 7.11. The third-order valence-corrected chi connectivity index (χ3v) is 4.13. The van der Waals surface area contributed by atoms with E-state index in [4.69, 9.17) is 0 Å². The van der Waals surface area contributed by atoms with E-state index in [1.807, 2.05) is 13.1 Å². The van der Waals surface area contributed by atoms with Gasteiger partial charge in [-0.3, -0.25) is 19.4 Å². The average molecular weight is 302 g/mol. The Balaban J connectivity index is 1.88. The van der Waals surface area contributed by atoms with Crippen molar-refractivity contribution >= 4 is 17.5 Å². The highest BCUT2D eigenvalue weighted by molar-refractivity contribution is 5.94. The van der Waals surface area contributed by atoms with Crippen LogP contribution in [0.2, 0.25) is 0 Å². The van der Waals surface area contributed by atoms with Gasteiger partial charge in [0.1, 0.15) is 0 Å². The van der Waals surface area contributed by atoms with E-state index < -0.39 is 0 Å². The summed E-state index contributed by atoms with van der Waals surface area (Å²) in [6, 6.07) is 1.53. The van der Waals surface area contributed by atoms with Gasteiger partial charge in [-0.2, -0.15) is 10.2 Å². The van der Waals surface area contributed by atoms with Crippen LogP contribution in [0.1, 0.15) is 24.6 Å². The first kappa shape index (κ1) is 14.3. The maximum Gasteiger partial charge on any atom is 0.230 e. The SMILES string of the molecule is CN1C(=O)CC[C@H](C(=O)Nc2cn[nH]c2)[C@H]1c1ccnn1C. The van der Waals surface area contributed by atoms with Gasteiger partial charge < -0.3 is 10.2 Å². The number of amides is 2. The van der Waals surface area contributed by atoms with Crippen molar-refractivity contribution in [3.8, 4) is 0 Å². The Labute approximate surface area is 127 Å². The van der Waals surface area contributed by atoms with Gasteiger partial charge in [-0.1, -0.05) is 0 Å². The molecule has 2 atom stereocenters. The van der Waals surface area contributed by atoms with Crippen LogP contribution in [0.5, 0.6) is 0 Å². The molecule has 1 fully saturated rings. The van der Waals surface area contributed by atoms with Gasteiger partial charge in [0.15, 0.2) is 0 Å². The predicted octanol–water partition coefficient (Wildman–Crippen LogP) is 0.691. The van der Waals surface area contributed by atoms with Gasteiger partial charge in [-0.15, -0.1) is 0 Å². The standard InChI is InChI=1S/C14H18N6O2/c1-19-12(21)4-3-10(13(19)11-5-6-17-20(11)2)14(22)18-9-7-15-16-8-9/h5-8,10,13H,3-4H2,1-2H3,(H,15,16)(H,18,22)/t10-,13-/m0/s1. The molecule has 22 heavy (non-hydrogen) atoms. The fraction of sp³-hybridized carbons (Fsp3) is 0.429. The number of carbonyl (C=O) groups excluding carboxylic acids is 2. The maximum atomic E-state index is 12.6. The molecule has 1 aliphatic heterocycles. The molecule has 0 bridgehead atoms. The summed E-state index contributed by atoms with van der Waals surface area (Å²) in [6.45, 7) is 0. The molecule has 3 rings (SSSR count). The van der Waals surface area contributed by atoms with Crippen LogP contribution in [0.25, 0.3) is 0 Å². The molecule has 2 N–H and O–H groups in total. The van der Waals surface area contributed by atoms with E-state index >= 15 is 0 Å². The van der Waals surface area contributed by atoms with Gasteiger partial charge in [0.25, 0.3) is 0 Å². The summed E-state index contributed by atoms with van der Waals surface area (Å²) >= 11 is 0. The second-order valence-corrected chi connectivity index (χ2v) is 5.45. The van der Waals surface area contributed by atoms with Crippen LogP contribution in [-0.2, 0) is 16.6 Å². The van der Waals surface area contributed by atoms with Crippen LogP contribution >= 0.6 is 0 Å². The quantitative estimate of drug-likeness (QED) is 0.872. The number of likely N-dealkylation sites (tertiary alicyclic amines) is 1. The lowest BCUT2D eigenvalue weighted by atomic mass is 9.86. The topological polar surface area (TPSA) is 95.9 Å². The van der Waals surface area contributed by atoms with E-state index in [-0.39, 0.29) is 23.8 Å². The molecule has 2 amide bonds. The highest BCUT2D eigenvalue weighted by Gasteiger charge is 2.40. The molecule has 8 heteroatoms. The summed E-state index contributed by atoms with van der Waals surface area (Å²) in [7, 11) is 3.55. The molecule has 116 valence electrons. The van der Waals surface area contributed by atoms with Crippen molar-refractivity contribution in [3.05, 3.63) is 30.4 Å². The molecule has 1 saturated heterocycles. The number of hydrogen-bond acceptors (Lipinski definition) is 4. The Morgan fingerprint density at radius 2 is 2.27 bits per heavy atom. The second kappa shape index (κ2) is 5.63. The normalized spacial score (nSPS) is 21.9. The van der Waals surface area contributed by atoms with Crippen LogP contribution in [0.4, 0.5) is 5.69 Å². The molecule has 1 aliphatic rings. The zero-order valence-electron chi connectivity index (χ0n) is 12.5. The molecule has 0 unspecified atom stereocenters. The lowest BCUT2D eigenvalue weighted by Crippen LogP contribution is -2.45. The number of carbonyl (C=O) groups is 2. The number of nitrogens with one attached hydrogen (secondary N) is 2. The van der Waals surface area contributed by atoms with E-state index in [2.05, 4.69) is 20.6 Å². The number of H-pyrrole nitrogens is 1. The first-order chi connectivity index (χ1) is 10.6. The molecule has 3 heterocycles. The van der Waals surface area contributed by atoms with Crippen molar-refractivity contribution in [1.82, 2.24) is 24.9 Å². The van der Waals surface area contributed by atoms with Crippen LogP contribution < -0.4 is 5.32 Å². The Hall–Kier alpha value is -2.64. The van der Waals surface area contributed by atoms with Crippen molar-refractivity contribution in [2.45, 2.75) is 18.9 Å². The summed E-state index contributed by atoms with van der Waals surface area (Å²) in [5.74, 6) is -0.404. The van der Waals surface area contributed by atoms with Crippen LogP contribution in [0.15, 0.2) is 24.7 Å². The van der Waals surface area contributed by atoms with Crippen LogP contribution in [0, 0.1) is 5.92 Å². The van der Waals surface area contributed by atoms with Crippen LogP contribution in [-0.4, -0.2) is 43.7 Å². The van der Waals surface area contributed by atoms with Gasteiger partial charge in [-0.05, 0) is 12.5 Å². The molecule has 0 aromatic carbocycles. The van der Waals surface area contributed by atoms with E-state index in [0.29, 0.717) is 18.5 Å². The minimum Gasteiger partial charge on any atom is -0.336 e. The van der Waals surface area contributed by atoms with Gasteiger partial charge in [0, 0.05) is 32.9 Å². The highest BCUT2D eigenvalue weighted by Crippen LogP contribution is 2.36. The minimum atomic E-state index is -0.326. The largest absolute Gasteiger partial charge is 0.336 e. The monoisotopic (exact) mass is 302 g/mol. The number of aromatic nitrogens is 4. The zero-order valence-corrected chi connectivity index (χ0v) is 12.5. The zero-order chi connectivity index (χ0) is 15.7. The van der Waals surface area contributed by atoms with Gasteiger partial charge >= 0.3 is 0 Å². The molecule has 0 spiro atoms. The van der Waals surface area contributed by atoms with E-state index in [1.165, 1.54) is 0 Å². The van der Waals surface area contributed by atoms with E-state index in [9.17, 15) is 9.59 Å². The number of aromatic amines is 1. The molecular formula is C14H18N6O2. The summed E-state index contributed by atoms with van der Waals surface area (Å²) in [4.78, 5) is 26.3. The molecular weight excluding hydrogens is 284 g/mol. The second-order valence-electron chi connectivity index (χ2n) is 5.45. The van der Waals surface area contributed by atoms with Crippen molar-refractivity contribution in [3.63, 3.8) is 0 Å². The summed E-state index contributed by atoms with van der Waals surface area (Å²) in [5.41, 5.74) is 1.47. The third kappa shape index (κ3) is 2.47. The van der Waals surface area contributed by atoms with Crippen molar-refractivity contribution in [2.24, 2.45) is 13.0 Å². The van der Waals surface area contributed by atoms with Crippen molar-refractivity contribution < 1.29 is 9.59 Å². The number of anilines is 1. The summed E-state index contributed by atoms with van der Waals surface area (Å²) < 4.78 is 1.71. The van der Waals surface area contributed by atoms with Crippen molar-refractivity contribution in [2.75, 3.05) is 12.4 Å². The molecule has 8 nitrogen and oxygen atoms in total. The maximum absolute atomic E-state index is 12.6. The van der Waals surface area contributed by atoms with Gasteiger partial charge in [0.05, 0.1) is 29.5 Å². The molecule has 0 saturated carbocycles. The van der Waals surface area contributed by atoms with Gasteiger partial charge in [0.2, 0.25) is 11.8 Å². The fourth-order valence-corrected chi connectivity index (χ4v) is 2.95. The van der Waals surface area contributed by atoms with Gasteiger partial charge in [-0.25, -0.2) is 0 Å². The minimum absolute atomic E-state index is 0.0403. The Morgan fingerprint density at radius 1 is 1.45 bits per heavy atom. The Kier molecular flexibility index (Phi) is 3.66. The lowest BCUT2D eigenvalue weighted by Gasteiger charge is -2.38. The number of piperidine rings is 1. The molecule has 0 radical (unpaired) electrons. The Bertz CT molecular complexity index is 677. The molecule has 2 aromatic rings. The first-order valence-corrected chi connectivity index (χ1v) is 7.11. The van der Waals surface area contributed by atoms with Crippen LogP contribution in [0.3, 0.4) is 0 Å². The smallest absolute Gasteiger partial charge is 0.230 e. The predicted molar refractivity (Wildman–Crippen MR) is 78.7 cm³/mol. The van der Waals surface area contributed by atoms with E-state index in [1.54, 1.807) is 35.2 Å². The van der Waals surface area contributed by atoms with Crippen molar-refractivity contribution in [1.29, 1.82) is 0 Å². The summed E-state index contributed by atoms with van der Waals surface area (Å²) in [6.07, 6.45) is 5.73. The fourth-order valence-electron chi connectivity index (χ4n) is 2.95. The average Bonchev–Trinajstić information content (AvgIpc) is 3.13. The number of aryl methyl sites for hydroxylation is 1. The number of nitrogens with zero attached hydrogens (tertiary/aromatic N) is 4. The third-order valence-electron chi connectivity index (χ3n) is 4.13. The Morgan fingerprint density at radius 3 is 2.91 bits per heavy atom.